The smallest absolute Gasteiger partial charge is 0.238 e. The lowest BCUT2D eigenvalue weighted by molar-refractivity contribution is 0.954. The maximum atomic E-state index is 5.42. The standard InChI is InChI=1S/C55H32N4S.C2H6/c1-3-14-37-30-40(22-20-33(37)10-1)53-56-54(41-23-21-34-11-2-4-15-38(34)31-41)58-55(57-53)59-47-27-24-35-12-5-7-16-42(35)50(47)45-19-9-18-44(52(45)59)39-26-28-48-46(32-39)51-43-17-8-6-13-36(43)25-29-49(51)60-48;1-2/h1-32H;1-2H3. The van der Waals surface area contributed by atoms with Crippen molar-refractivity contribution in [2.24, 2.45) is 0 Å². The number of hydrogen-bond acceptors (Lipinski definition) is 4. The van der Waals surface area contributed by atoms with Crippen molar-refractivity contribution in [3.8, 4) is 39.9 Å². The first-order valence-corrected chi connectivity index (χ1v) is 22.1. The molecule has 0 saturated carbocycles. The maximum Gasteiger partial charge on any atom is 0.238 e. The minimum Gasteiger partial charge on any atom is -0.277 e. The number of hydrogen-bond donors (Lipinski definition) is 0. The molecule has 0 spiro atoms. The Balaban J connectivity index is 0.00000202. The average molecular weight is 811 g/mol. The topological polar surface area (TPSA) is 43.6 Å². The van der Waals surface area contributed by atoms with Crippen LogP contribution in [0.1, 0.15) is 13.8 Å². The Morgan fingerprint density at radius 1 is 0.371 bits per heavy atom. The SMILES string of the molecule is CC.c1ccc2cc(-c3nc(-c4ccc5ccccc5c4)nc(-n4c5ccc6ccccc6c5c5cccc(-c6ccc7sc8ccc9ccccc9c8c7c6)c54)n3)ccc2c1. The number of para-hydroxylation sites is 1. The Morgan fingerprint density at radius 2 is 0.887 bits per heavy atom. The van der Waals surface area contributed by atoms with Crippen LogP contribution < -0.4 is 0 Å². The van der Waals surface area contributed by atoms with Crippen molar-refractivity contribution >= 4 is 96.4 Å². The van der Waals surface area contributed by atoms with Gasteiger partial charge in [0.25, 0.3) is 0 Å². The molecular formula is C57H38N4S. The number of thiophene rings is 1. The molecule has 13 rings (SSSR count). The molecule has 0 amide bonds. The van der Waals surface area contributed by atoms with Gasteiger partial charge < -0.3 is 0 Å². The van der Waals surface area contributed by atoms with Crippen LogP contribution in [-0.2, 0) is 0 Å². The highest BCUT2D eigenvalue weighted by molar-refractivity contribution is 7.26. The third kappa shape index (κ3) is 5.70. The second-order valence-electron chi connectivity index (χ2n) is 15.6. The molecule has 0 aliphatic carbocycles. The summed E-state index contributed by atoms with van der Waals surface area (Å²) in [7, 11) is 0. The van der Waals surface area contributed by atoms with Crippen LogP contribution in [0, 0.1) is 0 Å². The van der Waals surface area contributed by atoms with Gasteiger partial charge in [-0.15, -0.1) is 11.3 Å². The fourth-order valence-electron chi connectivity index (χ4n) is 9.37. The van der Waals surface area contributed by atoms with Gasteiger partial charge in [0.2, 0.25) is 5.95 Å². The molecular weight excluding hydrogens is 773 g/mol. The quantitative estimate of drug-likeness (QED) is 0.178. The lowest BCUT2D eigenvalue weighted by Gasteiger charge is -2.14. The van der Waals surface area contributed by atoms with Crippen LogP contribution in [-0.4, -0.2) is 19.5 Å². The van der Waals surface area contributed by atoms with Crippen LogP contribution in [0.4, 0.5) is 0 Å². The number of fused-ring (bicyclic) bond motifs is 12. The van der Waals surface area contributed by atoms with Crippen LogP contribution >= 0.6 is 11.3 Å². The highest BCUT2D eigenvalue weighted by Gasteiger charge is 2.23. The monoisotopic (exact) mass is 810 g/mol. The molecule has 0 atom stereocenters. The van der Waals surface area contributed by atoms with E-state index in [4.69, 9.17) is 15.0 Å². The number of aromatic nitrogens is 4. The van der Waals surface area contributed by atoms with E-state index in [0.29, 0.717) is 17.6 Å². The highest BCUT2D eigenvalue weighted by atomic mass is 32.1. The second-order valence-corrected chi connectivity index (χ2v) is 16.7. The molecule has 0 saturated heterocycles. The van der Waals surface area contributed by atoms with Gasteiger partial charge in [0, 0.05) is 47.6 Å². The summed E-state index contributed by atoms with van der Waals surface area (Å²) < 4.78 is 4.86. The molecule has 0 bridgehead atoms. The Kier molecular flexibility index (Phi) is 8.44. The van der Waals surface area contributed by atoms with E-state index < -0.39 is 0 Å². The van der Waals surface area contributed by atoms with Crippen molar-refractivity contribution in [3.63, 3.8) is 0 Å². The van der Waals surface area contributed by atoms with Crippen LogP contribution in [0.5, 0.6) is 0 Å². The predicted molar refractivity (Wildman–Crippen MR) is 265 cm³/mol. The van der Waals surface area contributed by atoms with E-state index in [1.165, 1.54) is 57.9 Å². The summed E-state index contributed by atoms with van der Waals surface area (Å²) in [6.45, 7) is 4.00. The third-order valence-corrected chi connectivity index (χ3v) is 13.3. The van der Waals surface area contributed by atoms with E-state index in [1.54, 1.807) is 0 Å². The molecule has 0 fully saturated rings. The van der Waals surface area contributed by atoms with Gasteiger partial charge in [0.1, 0.15) is 0 Å². The molecule has 3 heterocycles. The Bertz CT molecular complexity index is 3820. The zero-order valence-corrected chi connectivity index (χ0v) is 35.0. The average Bonchev–Trinajstić information content (AvgIpc) is 3.90. The van der Waals surface area contributed by atoms with Crippen LogP contribution in [0.3, 0.4) is 0 Å². The Morgan fingerprint density at radius 3 is 1.55 bits per heavy atom. The molecule has 0 N–H and O–H groups in total. The van der Waals surface area contributed by atoms with E-state index in [-0.39, 0.29) is 0 Å². The summed E-state index contributed by atoms with van der Waals surface area (Å²) in [4.78, 5) is 16.1. The molecule has 0 radical (unpaired) electrons. The van der Waals surface area contributed by atoms with Crippen molar-refractivity contribution in [1.82, 2.24) is 19.5 Å². The summed E-state index contributed by atoms with van der Waals surface area (Å²) in [6, 6.07) is 69.8. The Labute approximate surface area is 362 Å². The van der Waals surface area contributed by atoms with E-state index in [9.17, 15) is 0 Å². The molecule has 0 aliphatic heterocycles. The molecule has 62 heavy (non-hydrogen) atoms. The van der Waals surface area contributed by atoms with Crippen LogP contribution in [0.15, 0.2) is 194 Å². The summed E-state index contributed by atoms with van der Waals surface area (Å²) in [5, 5.41) is 14.5. The van der Waals surface area contributed by atoms with Gasteiger partial charge in [-0.05, 0) is 85.1 Å². The fraction of sp³-hybridized carbons (Fsp3) is 0.0351. The lowest BCUT2D eigenvalue weighted by atomic mass is 9.97. The first-order chi connectivity index (χ1) is 30.7. The van der Waals surface area contributed by atoms with Gasteiger partial charge in [0.15, 0.2) is 11.6 Å². The first-order valence-electron chi connectivity index (χ1n) is 21.3. The third-order valence-electron chi connectivity index (χ3n) is 12.2. The van der Waals surface area contributed by atoms with E-state index in [1.807, 2.05) is 25.2 Å². The summed E-state index contributed by atoms with van der Waals surface area (Å²) in [6.07, 6.45) is 0. The predicted octanol–water partition coefficient (Wildman–Crippen LogP) is 16.0. The van der Waals surface area contributed by atoms with Crippen molar-refractivity contribution in [2.75, 3.05) is 0 Å². The number of rotatable bonds is 4. The van der Waals surface area contributed by atoms with Gasteiger partial charge in [-0.1, -0.05) is 172 Å². The highest BCUT2D eigenvalue weighted by Crippen LogP contribution is 2.44. The van der Waals surface area contributed by atoms with E-state index in [0.717, 1.165) is 49.4 Å². The van der Waals surface area contributed by atoms with Gasteiger partial charge in [-0.2, -0.15) is 9.97 Å². The van der Waals surface area contributed by atoms with Gasteiger partial charge >= 0.3 is 0 Å². The Hall–Kier alpha value is -7.73. The van der Waals surface area contributed by atoms with Crippen molar-refractivity contribution < 1.29 is 0 Å². The van der Waals surface area contributed by atoms with Crippen molar-refractivity contribution in [3.05, 3.63) is 194 Å². The summed E-state index contributed by atoms with van der Waals surface area (Å²) in [5.74, 6) is 1.83. The lowest BCUT2D eigenvalue weighted by Crippen LogP contribution is -2.07. The van der Waals surface area contributed by atoms with Gasteiger partial charge in [0.05, 0.1) is 11.0 Å². The molecule has 4 nitrogen and oxygen atoms in total. The minimum absolute atomic E-state index is 0.576. The van der Waals surface area contributed by atoms with Crippen molar-refractivity contribution in [1.29, 1.82) is 0 Å². The summed E-state index contributed by atoms with van der Waals surface area (Å²) >= 11 is 1.86. The molecule has 5 heteroatoms. The fourth-order valence-corrected chi connectivity index (χ4v) is 10.5. The molecule has 0 aliphatic rings. The first kappa shape index (κ1) is 36.1. The zero-order valence-electron chi connectivity index (χ0n) is 34.2. The molecule has 3 aromatic heterocycles. The number of nitrogens with zero attached hydrogens (tertiary/aromatic N) is 4. The zero-order chi connectivity index (χ0) is 41.3. The molecule has 0 unspecified atom stereocenters. The largest absolute Gasteiger partial charge is 0.277 e. The molecule has 13 aromatic rings. The second kappa shape index (κ2) is 14.5. The summed E-state index contributed by atoms with van der Waals surface area (Å²) in [5.41, 5.74) is 6.25. The van der Waals surface area contributed by atoms with E-state index in [2.05, 4.69) is 199 Å². The van der Waals surface area contributed by atoms with E-state index >= 15 is 0 Å². The van der Waals surface area contributed by atoms with Crippen LogP contribution in [0.25, 0.3) is 125 Å². The van der Waals surface area contributed by atoms with Crippen LogP contribution in [0.2, 0.25) is 0 Å². The maximum absolute atomic E-state index is 5.42. The molecule has 292 valence electrons. The van der Waals surface area contributed by atoms with Gasteiger partial charge in [-0.3, -0.25) is 4.57 Å². The normalized spacial score (nSPS) is 11.7. The van der Waals surface area contributed by atoms with Crippen molar-refractivity contribution in [2.45, 2.75) is 13.8 Å². The number of benzene rings is 10. The molecule has 10 aromatic carbocycles. The minimum atomic E-state index is 0.576. The van der Waals surface area contributed by atoms with Gasteiger partial charge in [-0.25, -0.2) is 4.98 Å².